The summed E-state index contributed by atoms with van der Waals surface area (Å²) in [5.41, 5.74) is 1.21. The molecule has 1 heterocycles. The molecule has 2 heteroatoms. The van der Waals surface area contributed by atoms with E-state index in [4.69, 9.17) is 0 Å². The van der Waals surface area contributed by atoms with Crippen LogP contribution in [-0.2, 0) is 4.79 Å². The van der Waals surface area contributed by atoms with E-state index in [9.17, 15) is 4.79 Å². The van der Waals surface area contributed by atoms with Gasteiger partial charge in [-0.05, 0) is 19.4 Å². The first-order valence-electron chi connectivity index (χ1n) is 3.46. The molecule has 0 aromatic rings. The number of ketones is 1. The highest BCUT2D eigenvalue weighted by Gasteiger charge is 2.01. The maximum atomic E-state index is 10.6. The number of nitrogens with zero attached hydrogens (tertiary/aromatic N) is 1. The fraction of sp³-hybridized carbons (Fsp3) is 0.500. The van der Waals surface area contributed by atoms with Crippen molar-refractivity contribution in [3.8, 4) is 0 Å². The maximum Gasteiger partial charge on any atom is 0.133 e. The fourth-order valence-electron chi connectivity index (χ4n) is 0.991. The summed E-state index contributed by atoms with van der Waals surface area (Å²) in [5.74, 6) is 0.238. The second-order valence-corrected chi connectivity index (χ2v) is 2.51. The van der Waals surface area contributed by atoms with E-state index in [1.165, 1.54) is 5.57 Å². The summed E-state index contributed by atoms with van der Waals surface area (Å²) in [6.45, 7) is 2.46. The normalized spacial score (nSPS) is 16.7. The Labute approximate surface area is 60.7 Å². The lowest BCUT2D eigenvalue weighted by Crippen LogP contribution is -1.99. The van der Waals surface area contributed by atoms with Gasteiger partial charge in [-0.2, -0.15) is 0 Å². The first-order chi connectivity index (χ1) is 4.79. The van der Waals surface area contributed by atoms with Crippen LogP contribution in [-0.4, -0.2) is 18.5 Å². The first kappa shape index (κ1) is 7.19. The van der Waals surface area contributed by atoms with Crippen molar-refractivity contribution < 1.29 is 4.79 Å². The summed E-state index contributed by atoms with van der Waals surface area (Å²) in [6.07, 6.45) is 5.27. The van der Waals surface area contributed by atoms with E-state index < -0.39 is 0 Å². The second-order valence-electron chi connectivity index (χ2n) is 2.51. The molecule has 10 heavy (non-hydrogen) atoms. The van der Waals surface area contributed by atoms with Gasteiger partial charge in [0, 0.05) is 19.2 Å². The van der Waals surface area contributed by atoms with E-state index >= 15 is 0 Å². The average Bonchev–Trinajstić information content (AvgIpc) is 1.88. The van der Waals surface area contributed by atoms with Gasteiger partial charge < -0.3 is 0 Å². The second kappa shape index (κ2) is 3.30. The lowest BCUT2D eigenvalue weighted by molar-refractivity contribution is -0.116. The van der Waals surface area contributed by atoms with Gasteiger partial charge in [0.1, 0.15) is 5.78 Å². The topological polar surface area (TPSA) is 29.4 Å². The van der Waals surface area contributed by atoms with Crippen LogP contribution < -0.4 is 0 Å². The number of carbonyl (C=O) groups is 1. The van der Waals surface area contributed by atoms with Gasteiger partial charge in [0.15, 0.2) is 0 Å². The number of aliphatic imine (C=N–C) groups is 1. The minimum Gasteiger partial charge on any atom is -0.300 e. The molecule has 1 aliphatic rings. The summed E-state index contributed by atoms with van der Waals surface area (Å²) < 4.78 is 0. The van der Waals surface area contributed by atoms with Crippen LogP contribution in [0, 0.1) is 0 Å². The molecule has 0 aliphatic carbocycles. The predicted molar refractivity (Wildman–Crippen MR) is 41.4 cm³/mol. The Kier molecular flexibility index (Phi) is 2.37. The van der Waals surface area contributed by atoms with Crippen LogP contribution in [0.2, 0.25) is 0 Å². The molecule has 1 aliphatic heterocycles. The van der Waals surface area contributed by atoms with Crippen molar-refractivity contribution >= 4 is 12.0 Å². The van der Waals surface area contributed by atoms with Gasteiger partial charge >= 0.3 is 0 Å². The van der Waals surface area contributed by atoms with Crippen molar-refractivity contribution in [2.45, 2.75) is 19.8 Å². The summed E-state index contributed by atoms with van der Waals surface area (Å²) in [4.78, 5) is 14.6. The molecule has 54 valence electrons. The molecular weight excluding hydrogens is 126 g/mol. The van der Waals surface area contributed by atoms with Crippen LogP contribution in [0.1, 0.15) is 19.8 Å². The lowest BCUT2D eigenvalue weighted by Gasteiger charge is -2.04. The molecule has 0 bridgehead atoms. The van der Waals surface area contributed by atoms with Gasteiger partial charge in [0.25, 0.3) is 0 Å². The third-order valence-electron chi connectivity index (χ3n) is 1.45. The third-order valence-corrected chi connectivity index (χ3v) is 1.45. The summed E-state index contributed by atoms with van der Waals surface area (Å²) in [6, 6.07) is 0. The zero-order valence-electron chi connectivity index (χ0n) is 6.13. The van der Waals surface area contributed by atoms with Gasteiger partial charge in [-0.25, -0.2) is 0 Å². The molecule has 0 aromatic heterocycles. The van der Waals surface area contributed by atoms with Gasteiger partial charge in [-0.1, -0.05) is 5.57 Å². The highest BCUT2D eigenvalue weighted by atomic mass is 16.1. The van der Waals surface area contributed by atoms with Crippen molar-refractivity contribution in [3.05, 3.63) is 11.6 Å². The Morgan fingerprint density at radius 3 is 3.10 bits per heavy atom. The Balaban J connectivity index is 2.47. The minimum atomic E-state index is 0.238. The smallest absolute Gasteiger partial charge is 0.133 e. The van der Waals surface area contributed by atoms with Crippen molar-refractivity contribution in [1.82, 2.24) is 0 Å². The number of hydrogen-bond acceptors (Lipinski definition) is 2. The first-order valence-corrected chi connectivity index (χ1v) is 3.46. The summed E-state index contributed by atoms with van der Waals surface area (Å²) in [7, 11) is 0. The molecule has 2 nitrogen and oxygen atoms in total. The van der Waals surface area contributed by atoms with E-state index in [0.29, 0.717) is 6.42 Å². The van der Waals surface area contributed by atoms with Crippen LogP contribution in [0.15, 0.2) is 16.6 Å². The van der Waals surface area contributed by atoms with E-state index in [-0.39, 0.29) is 5.78 Å². The standard InChI is InChI=1S/C8H11NO/c1-7(10)6-8-2-4-9-5-3-8/h2,4H,3,5-6H2,1H3. The highest BCUT2D eigenvalue weighted by molar-refractivity contribution is 5.81. The molecule has 0 atom stereocenters. The van der Waals surface area contributed by atoms with Crippen molar-refractivity contribution in [1.29, 1.82) is 0 Å². The molecule has 0 aromatic carbocycles. The molecular formula is C8H11NO. The molecule has 0 radical (unpaired) electrons. The Bertz CT molecular complexity index is 191. The van der Waals surface area contributed by atoms with Crippen LogP contribution in [0.3, 0.4) is 0 Å². The number of hydrogen-bond donors (Lipinski definition) is 0. The predicted octanol–water partition coefficient (Wildman–Crippen LogP) is 1.37. The van der Waals surface area contributed by atoms with Gasteiger partial charge in [-0.3, -0.25) is 9.79 Å². The van der Waals surface area contributed by atoms with Gasteiger partial charge in [-0.15, -0.1) is 0 Å². The molecule has 0 N–H and O–H groups in total. The van der Waals surface area contributed by atoms with Crippen molar-refractivity contribution in [3.63, 3.8) is 0 Å². The molecule has 1 rings (SSSR count). The lowest BCUT2D eigenvalue weighted by atomic mass is 10.1. The number of dihydropyridines is 1. The Morgan fingerprint density at radius 1 is 1.80 bits per heavy atom. The minimum absolute atomic E-state index is 0.238. The quantitative estimate of drug-likeness (QED) is 0.565. The summed E-state index contributed by atoms with van der Waals surface area (Å²) >= 11 is 0. The van der Waals surface area contributed by atoms with Crippen molar-refractivity contribution in [2.24, 2.45) is 4.99 Å². The number of Topliss-reactive ketones (excluding diaryl/α,β-unsaturated/α-hetero) is 1. The van der Waals surface area contributed by atoms with Gasteiger partial charge in [0.2, 0.25) is 0 Å². The average molecular weight is 137 g/mol. The zero-order valence-corrected chi connectivity index (χ0v) is 6.13. The maximum absolute atomic E-state index is 10.6. The zero-order chi connectivity index (χ0) is 7.40. The van der Waals surface area contributed by atoms with E-state index in [2.05, 4.69) is 4.99 Å². The monoisotopic (exact) mass is 137 g/mol. The SMILES string of the molecule is CC(=O)CC1=CC=NCC1. The largest absolute Gasteiger partial charge is 0.300 e. The van der Waals surface area contributed by atoms with Crippen LogP contribution in [0.4, 0.5) is 0 Å². The fourth-order valence-corrected chi connectivity index (χ4v) is 0.991. The highest BCUT2D eigenvalue weighted by Crippen LogP contribution is 2.09. The Hall–Kier alpha value is -0.920. The number of carbonyl (C=O) groups excluding carboxylic acids is 1. The van der Waals surface area contributed by atoms with Crippen molar-refractivity contribution in [2.75, 3.05) is 6.54 Å². The molecule has 0 amide bonds. The molecule has 0 saturated carbocycles. The van der Waals surface area contributed by atoms with E-state index in [1.807, 2.05) is 6.08 Å². The summed E-state index contributed by atoms with van der Waals surface area (Å²) in [5, 5.41) is 0. The Morgan fingerprint density at radius 2 is 2.60 bits per heavy atom. The van der Waals surface area contributed by atoms with Crippen LogP contribution in [0.5, 0.6) is 0 Å². The number of rotatable bonds is 2. The van der Waals surface area contributed by atoms with Crippen LogP contribution >= 0.6 is 0 Å². The van der Waals surface area contributed by atoms with E-state index in [1.54, 1.807) is 13.1 Å². The molecule has 0 saturated heterocycles. The van der Waals surface area contributed by atoms with E-state index in [0.717, 1.165) is 13.0 Å². The third kappa shape index (κ3) is 2.13. The molecule has 0 spiro atoms. The molecule has 0 fully saturated rings. The van der Waals surface area contributed by atoms with Gasteiger partial charge in [0.05, 0.1) is 0 Å². The molecule has 0 unspecified atom stereocenters. The van der Waals surface area contributed by atoms with Crippen LogP contribution in [0.25, 0.3) is 0 Å². The number of allylic oxidation sites excluding steroid dienone is 1.